The summed E-state index contributed by atoms with van der Waals surface area (Å²) >= 11 is 0. The van der Waals surface area contributed by atoms with Crippen LogP contribution in [0, 0.1) is 6.92 Å². The van der Waals surface area contributed by atoms with Crippen LogP contribution >= 0.6 is 0 Å². The number of H-pyrrole nitrogens is 1. The minimum atomic E-state index is 0.845. The molecule has 5 nitrogen and oxygen atoms in total. The molecule has 112 valence electrons. The van der Waals surface area contributed by atoms with E-state index in [1.165, 1.54) is 11.1 Å². The van der Waals surface area contributed by atoms with Gasteiger partial charge in [0.2, 0.25) is 5.95 Å². The average Bonchev–Trinajstić information content (AvgIpc) is 2.79. The van der Waals surface area contributed by atoms with Crippen molar-refractivity contribution in [1.29, 1.82) is 0 Å². The smallest absolute Gasteiger partial charge is 0.244 e. The zero-order valence-electron chi connectivity index (χ0n) is 12.6. The number of aromatic nitrogens is 3. The first-order valence-corrected chi connectivity index (χ1v) is 7.74. The van der Waals surface area contributed by atoms with Crippen LogP contribution in [-0.2, 0) is 12.8 Å². The predicted octanol–water partition coefficient (Wildman–Crippen LogP) is 1.70. The number of nitrogens with one attached hydrogen (secondary N) is 2. The highest BCUT2D eigenvalue weighted by atomic mass is 15.4. The fraction of sp³-hybridized carbons (Fsp3) is 0.500. The van der Waals surface area contributed by atoms with Crippen LogP contribution in [0.4, 0.5) is 5.95 Å². The Morgan fingerprint density at radius 1 is 1.19 bits per heavy atom. The molecule has 1 aromatic carbocycles. The molecule has 0 spiro atoms. The second-order valence-corrected chi connectivity index (χ2v) is 5.66. The first-order valence-electron chi connectivity index (χ1n) is 7.74. The van der Waals surface area contributed by atoms with Crippen LogP contribution in [0.3, 0.4) is 0 Å². The summed E-state index contributed by atoms with van der Waals surface area (Å²) < 4.78 is 0. The van der Waals surface area contributed by atoms with E-state index >= 15 is 0 Å². The number of hydrogen-bond acceptors (Lipinski definition) is 4. The molecule has 0 amide bonds. The normalized spacial score (nSPS) is 16.0. The molecular formula is C16H23N5. The molecule has 0 atom stereocenters. The average molecular weight is 285 g/mol. The SMILES string of the molecule is Cc1cccc(CCc2nc(N3CCCNCC3)n[nH]2)c1. The van der Waals surface area contributed by atoms with Gasteiger partial charge in [0.05, 0.1) is 0 Å². The lowest BCUT2D eigenvalue weighted by Gasteiger charge is -2.16. The highest BCUT2D eigenvalue weighted by Crippen LogP contribution is 2.11. The van der Waals surface area contributed by atoms with Gasteiger partial charge in [-0.15, -0.1) is 5.10 Å². The number of benzene rings is 1. The minimum absolute atomic E-state index is 0.845. The van der Waals surface area contributed by atoms with Gasteiger partial charge < -0.3 is 10.2 Å². The van der Waals surface area contributed by atoms with Crippen molar-refractivity contribution in [2.45, 2.75) is 26.2 Å². The van der Waals surface area contributed by atoms with Crippen LogP contribution in [-0.4, -0.2) is 41.4 Å². The number of rotatable bonds is 4. The van der Waals surface area contributed by atoms with E-state index in [1.54, 1.807) is 0 Å². The zero-order valence-corrected chi connectivity index (χ0v) is 12.6. The summed E-state index contributed by atoms with van der Waals surface area (Å²) in [7, 11) is 0. The fourth-order valence-electron chi connectivity index (χ4n) is 2.71. The molecule has 1 aliphatic heterocycles. The van der Waals surface area contributed by atoms with Crippen LogP contribution in [0.5, 0.6) is 0 Å². The van der Waals surface area contributed by atoms with Crippen LogP contribution < -0.4 is 10.2 Å². The molecule has 5 heteroatoms. The summed E-state index contributed by atoms with van der Waals surface area (Å²) in [6, 6.07) is 8.65. The van der Waals surface area contributed by atoms with Gasteiger partial charge in [0.25, 0.3) is 0 Å². The summed E-state index contributed by atoms with van der Waals surface area (Å²) in [5.41, 5.74) is 2.66. The Bertz CT molecular complexity index is 570. The monoisotopic (exact) mass is 285 g/mol. The molecule has 0 saturated carbocycles. The summed E-state index contributed by atoms with van der Waals surface area (Å²) in [5, 5.41) is 10.9. The van der Waals surface area contributed by atoms with Crippen LogP contribution in [0.1, 0.15) is 23.4 Å². The minimum Gasteiger partial charge on any atom is -0.338 e. The first kappa shape index (κ1) is 14.1. The van der Waals surface area contributed by atoms with Gasteiger partial charge in [-0.1, -0.05) is 29.8 Å². The van der Waals surface area contributed by atoms with Crippen molar-refractivity contribution in [2.75, 3.05) is 31.1 Å². The molecule has 2 heterocycles. The Balaban J connectivity index is 1.59. The third-order valence-corrected chi connectivity index (χ3v) is 3.88. The fourth-order valence-corrected chi connectivity index (χ4v) is 2.71. The Kier molecular flexibility index (Phi) is 4.50. The molecule has 0 radical (unpaired) electrons. The molecule has 1 aromatic heterocycles. The Labute approximate surface area is 125 Å². The maximum absolute atomic E-state index is 4.64. The number of anilines is 1. The van der Waals surface area contributed by atoms with Crippen molar-refractivity contribution >= 4 is 5.95 Å². The summed E-state index contributed by atoms with van der Waals surface area (Å²) in [6.07, 6.45) is 3.05. The van der Waals surface area contributed by atoms with E-state index < -0.39 is 0 Å². The van der Waals surface area contributed by atoms with Gasteiger partial charge in [0.15, 0.2) is 0 Å². The maximum Gasteiger partial charge on any atom is 0.244 e. The van der Waals surface area contributed by atoms with Crippen molar-refractivity contribution in [3.8, 4) is 0 Å². The lowest BCUT2D eigenvalue weighted by atomic mass is 10.1. The standard InChI is InChI=1S/C16H23N5/c1-13-4-2-5-14(12-13)6-7-15-18-16(20-19-15)21-10-3-8-17-9-11-21/h2,4-5,12,17H,3,6-11H2,1H3,(H,18,19,20). The largest absolute Gasteiger partial charge is 0.338 e. The Morgan fingerprint density at radius 3 is 3.05 bits per heavy atom. The number of hydrogen-bond donors (Lipinski definition) is 2. The Morgan fingerprint density at radius 2 is 2.14 bits per heavy atom. The highest BCUT2D eigenvalue weighted by Gasteiger charge is 2.14. The lowest BCUT2D eigenvalue weighted by Crippen LogP contribution is -2.28. The number of nitrogens with zero attached hydrogens (tertiary/aromatic N) is 3. The molecular weight excluding hydrogens is 262 g/mol. The molecule has 1 aliphatic rings. The third-order valence-electron chi connectivity index (χ3n) is 3.88. The van der Waals surface area contributed by atoms with E-state index in [0.29, 0.717) is 0 Å². The van der Waals surface area contributed by atoms with Gasteiger partial charge in [-0.25, -0.2) is 0 Å². The van der Waals surface area contributed by atoms with Gasteiger partial charge in [-0.3, -0.25) is 5.10 Å². The molecule has 3 rings (SSSR count). The molecule has 0 unspecified atom stereocenters. The molecule has 0 bridgehead atoms. The zero-order chi connectivity index (χ0) is 14.5. The van der Waals surface area contributed by atoms with Crippen LogP contribution in [0.15, 0.2) is 24.3 Å². The number of aryl methyl sites for hydroxylation is 3. The van der Waals surface area contributed by atoms with Gasteiger partial charge in [-0.2, -0.15) is 4.98 Å². The van der Waals surface area contributed by atoms with Crippen LogP contribution in [0.25, 0.3) is 0 Å². The van der Waals surface area contributed by atoms with E-state index in [1.807, 2.05) is 0 Å². The van der Waals surface area contributed by atoms with Crippen molar-refractivity contribution < 1.29 is 0 Å². The van der Waals surface area contributed by atoms with Gasteiger partial charge in [0, 0.05) is 26.1 Å². The second-order valence-electron chi connectivity index (χ2n) is 5.66. The summed E-state index contributed by atoms with van der Waals surface area (Å²) in [4.78, 5) is 6.90. The predicted molar refractivity (Wildman–Crippen MR) is 84.7 cm³/mol. The van der Waals surface area contributed by atoms with E-state index in [2.05, 4.69) is 56.6 Å². The van der Waals surface area contributed by atoms with E-state index in [-0.39, 0.29) is 0 Å². The van der Waals surface area contributed by atoms with Crippen molar-refractivity contribution in [1.82, 2.24) is 20.5 Å². The summed E-state index contributed by atoms with van der Waals surface area (Å²) in [6.45, 7) is 6.23. The molecule has 1 fully saturated rings. The highest BCUT2D eigenvalue weighted by molar-refractivity contribution is 5.29. The molecule has 0 aliphatic carbocycles. The van der Waals surface area contributed by atoms with Gasteiger partial charge >= 0.3 is 0 Å². The van der Waals surface area contributed by atoms with Crippen LogP contribution in [0.2, 0.25) is 0 Å². The second kappa shape index (κ2) is 6.72. The van der Waals surface area contributed by atoms with Crippen molar-refractivity contribution in [3.63, 3.8) is 0 Å². The topological polar surface area (TPSA) is 56.8 Å². The summed E-state index contributed by atoms with van der Waals surface area (Å²) in [5.74, 6) is 1.82. The number of aromatic amines is 1. The maximum atomic E-state index is 4.64. The molecule has 21 heavy (non-hydrogen) atoms. The van der Waals surface area contributed by atoms with Crippen molar-refractivity contribution in [2.24, 2.45) is 0 Å². The molecule has 2 aromatic rings. The first-order chi connectivity index (χ1) is 10.3. The van der Waals surface area contributed by atoms with E-state index in [4.69, 9.17) is 0 Å². The molecule has 1 saturated heterocycles. The Hall–Kier alpha value is -1.88. The quantitative estimate of drug-likeness (QED) is 0.898. The lowest BCUT2D eigenvalue weighted by molar-refractivity contribution is 0.724. The molecule has 2 N–H and O–H groups in total. The van der Waals surface area contributed by atoms with E-state index in [9.17, 15) is 0 Å². The van der Waals surface area contributed by atoms with Gasteiger partial charge in [0.1, 0.15) is 5.82 Å². The third kappa shape index (κ3) is 3.82. The van der Waals surface area contributed by atoms with E-state index in [0.717, 1.165) is 57.2 Å². The van der Waals surface area contributed by atoms with Gasteiger partial charge in [-0.05, 0) is 31.9 Å². The van der Waals surface area contributed by atoms with Crippen molar-refractivity contribution in [3.05, 3.63) is 41.2 Å².